The highest BCUT2D eigenvalue weighted by atomic mass is 32.2. The van der Waals surface area contributed by atoms with E-state index in [1.165, 1.54) is 30.4 Å². The molecule has 0 bridgehead atoms. The molecule has 2 aromatic carbocycles. The maximum atomic E-state index is 13.5. The Balaban J connectivity index is 2.08. The van der Waals surface area contributed by atoms with Gasteiger partial charge in [-0.25, -0.2) is 0 Å². The van der Waals surface area contributed by atoms with Gasteiger partial charge in [-0.2, -0.15) is 23.5 Å². The van der Waals surface area contributed by atoms with Gasteiger partial charge in [0.25, 0.3) is 0 Å². The highest BCUT2D eigenvalue weighted by Crippen LogP contribution is 2.10. The van der Waals surface area contributed by atoms with Crippen LogP contribution in [0.5, 0.6) is 0 Å². The third kappa shape index (κ3) is 14.5. The molecule has 4 amide bonds. The lowest BCUT2D eigenvalue weighted by atomic mass is 10.0. The van der Waals surface area contributed by atoms with Crippen LogP contribution in [0.1, 0.15) is 44.7 Å². The first-order chi connectivity index (χ1) is 22.5. The predicted octanol–water partition coefficient (Wildman–Crippen LogP) is 2.75. The van der Waals surface area contributed by atoms with Crippen LogP contribution in [-0.2, 0) is 36.8 Å². The molecule has 0 saturated heterocycles. The predicted molar refractivity (Wildman–Crippen MR) is 192 cm³/mol. The summed E-state index contributed by atoms with van der Waals surface area (Å²) in [6.07, 6.45) is 5.36. The highest BCUT2D eigenvalue weighted by Gasteiger charge is 2.30. The van der Waals surface area contributed by atoms with Crippen molar-refractivity contribution in [1.29, 1.82) is 0 Å². The lowest BCUT2D eigenvalue weighted by molar-refractivity contribution is -0.134. The highest BCUT2D eigenvalue weighted by molar-refractivity contribution is 7.98. The Morgan fingerprint density at radius 1 is 0.617 bits per heavy atom. The third-order valence-electron chi connectivity index (χ3n) is 7.55. The molecule has 5 N–H and O–H groups in total. The second-order valence-corrected chi connectivity index (χ2v) is 13.8. The Morgan fingerprint density at radius 2 is 1.11 bits per heavy atom. The minimum Gasteiger partial charge on any atom is -0.344 e. The van der Waals surface area contributed by atoms with Crippen molar-refractivity contribution in [2.75, 3.05) is 31.1 Å². The van der Waals surface area contributed by atoms with E-state index in [2.05, 4.69) is 26.6 Å². The molecule has 10 nitrogen and oxygen atoms in total. The Labute approximate surface area is 288 Å². The number of carbonyl (C=O) groups is 5. The van der Waals surface area contributed by atoms with E-state index in [4.69, 9.17) is 0 Å². The lowest BCUT2D eigenvalue weighted by Gasteiger charge is -2.26. The van der Waals surface area contributed by atoms with Gasteiger partial charge in [-0.3, -0.25) is 24.0 Å². The number of thioether (sulfide) groups is 2. The zero-order chi connectivity index (χ0) is 34.8. The van der Waals surface area contributed by atoms with Crippen molar-refractivity contribution in [3.63, 3.8) is 0 Å². The van der Waals surface area contributed by atoms with Crippen molar-refractivity contribution >= 4 is 52.9 Å². The van der Waals surface area contributed by atoms with Crippen LogP contribution in [0.2, 0.25) is 0 Å². The Bertz CT molecular complexity index is 1280. The smallest absolute Gasteiger partial charge is 0.244 e. The molecule has 0 fully saturated rings. The van der Waals surface area contributed by atoms with Crippen LogP contribution in [0.3, 0.4) is 0 Å². The van der Waals surface area contributed by atoms with Gasteiger partial charge in [-0.1, -0.05) is 74.5 Å². The summed E-state index contributed by atoms with van der Waals surface area (Å²) in [4.78, 5) is 66.3. The fourth-order valence-electron chi connectivity index (χ4n) is 4.93. The van der Waals surface area contributed by atoms with Crippen LogP contribution >= 0.6 is 23.5 Å². The number of aryl methyl sites for hydroxylation is 1. The first-order valence-corrected chi connectivity index (χ1v) is 18.7. The zero-order valence-corrected chi connectivity index (χ0v) is 30.0. The standard InChI is InChI=1S/C35H51N5O5S2/c1-23(2)19-27(36-4)33(43)38-28(20-26-15-11-8-12-16-26)34(44)37-24(3)32(42)40-30(22-47-6)35(45)39-29(21-46-5)31(41)18-17-25-13-9-7-10-14-25/h7-16,23-24,27-30,36H,17-22H2,1-6H3,(H,37,44)(H,38,43)(H,39,45)(H,40,42)/t24-,27-,28-,29-,30-/m0/s1. The largest absolute Gasteiger partial charge is 0.344 e. The molecule has 5 atom stereocenters. The zero-order valence-electron chi connectivity index (χ0n) is 28.3. The van der Waals surface area contributed by atoms with E-state index >= 15 is 0 Å². The van der Waals surface area contributed by atoms with E-state index in [0.717, 1.165) is 11.1 Å². The van der Waals surface area contributed by atoms with E-state index in [9.17, 15) is 24.0 Å². The van der Waals surface area contributed by atoms with Gasteiger partial charge in [0.15, 0.2) is 5.78 Å². The van der Waals surface area contributed by atoms with Gasteiger partial charge in [-0.05, 0) is 56.4 Å². The minimum absolute atomic E-state index is 0.0770. The number of rotatable bonds is 21. The number of benzene rings is 2. The summed E-state index contributed by atoms with van der Waals surface area (Å²) in [6.45, 7) is 5.56. The van der Waals surface area contributed by atoms with Gasteiger partial charge in [0.05, 0.1) is 12.1 Å². The average molecular weight is 686 g/mol. The molecule has 0 aliphatic rings. The fourth-order valence-corrected chi connectivity index (χ4v) is 6.10. The molecule has 258 valence electrons. The van der Waals surface area contributed by atoms with E-state index in [1.54, 1.807) is 7.05 Å². The molecule has 0 radical (unpaired) electrons. The van der Waals surface area contributed by atoms with Crippen LogP contribution < -0.4 is 26.6 Å². The number of hydrogen-bond donors (Lipinski definition) is 5. The normalized spacial score (nSPS) is 14.3. The van der Waals surface area contributed by atoms with Crippen molar-refractivity contribution in [1.82, 2.24) is 26.6 Å². The number of Topliss-reactive ketones (excluding diaryl/α,β-unsaturated/α-hetero) is 1. The van der Waals surface area contributed by atoms with E-state index in [-0.39, 0.29) is 36.2 Å². The number of nitrogens with one attached hydrogen (secondary N) is 5. The summed E-state index contributed by atoms with van der Waals surface area (Å²) in [5.74, 6) is -0.964. The Kier molecular flexibility index (Phi) is 18.2. The van der Waals surface area contributed by atoms with Gasteiger partial charge in [0.1, 0.15) is 18.1 Å². The van der Waals surface area contributed by atoms with Gasteiger partial charge in [-0.15, -0.1) is 0 Å². The first-order valence-electron chi connectivity index (χ1n) is 16.0. The Hall–Kier alpha value is -3.35. The summed E-state index contributed by atoms with van der Waals surface area (Å²) in [7, 11) is 1.70. The summed E-state index contributed by atoms with van der Waals surface area (Å²) in [6, 6.07) is 15.0. The maximum absolute atomic E-state index is 13.5. The maximum Gasteiger partial charge on any atom is 0.244 e. The molecular weight excluding hydrogens is 635 g/mol. The summed E-state index contributed by atoms with van der Waals surface area (Å²) < 4.78 is 0. The van der Waals surface area contributed by atoms with Gasteiger partial charge in [0.2, 0.25) is 23.6 Å². The SMILES string of the molecule is CN[C@@H](CC(C)C)C(=O)N[C@@H](Cc1ccccc1)C(=O)N[C@@H](C)C(=O)N[C@@H](CSC)C(=O)N[C@@H](CSC)C(=O)CCc1ccccc1. The molecule has 2 aromatic rings. The third-order valence-corrected chi connectivity index (χ3v) is 8.88. The van der Waals surface area contributed by atoms with Gasteiger partial charge in [0, 0.05) is 24.3 Å². The van der Waals surface area contributed by atoms with Crippen LogP contribution in [0, 0.1) is 5.92 Å². The molecular formula is C35H51N5O5S2. The molecule has 0 aromatic heterocycles. The summed E-state index contributed by atoms with van der Waals surface area (Å²) in [5.41, 5.74) is 1.89. The molecule has 0 aliphatic heterocycles. The summed E-state index contributed by atoms with van der Waals surface area (Å²) in [5, 5.41) is 14.2. The average Bonchev–Trinajstić information content (AvgIpc) is 3.05. The Morgan fingerprint density at radius 3 is 1.66 bits per heavy atom. The monoisotopic (exact) mass is 685 g/mol. The van der Waals surface area contributed by atoms with Gasteiger partial charge >= 0.3 is 0 Å². The number of hydrogen-bond acceptors (Lipinski definition) is 8. The second-order valence-electron chi connectivity index (χ2n) is 11.9. The fraction of sp³-hybridized carbons (Fsp3) is 0.514. The van der Waals surface area contributed by atoms with Crippen molar-refractivity contribution < 1.29 is 24.0 Å². The van der Waals surface area contributed by atoms with Crippen molar-refractivity contribution in [3.8, 4) is 0 Å². The van der Waals surface area contributed by atoms with Crippen molar-refractivity contribution in [3.05, 3.63) is 71.8 Å². The lowest BCUT2D eigenvalue weighted by Crippen LogP contribution is -2.59. The van der Waals surface area contributed by atoms with E-state index in [1.807, 2.05) is 87.0 Å². The molecule has 2 rings (SSSR count). The number of amides is 4. The molecule has 47 heavy (non-hydrogen) atoms. The quantitative estimate of drug-likeness (QED) is 0.135. The topological polar surface area (TPSA) is 146 Å². The molecule has 0 saturated carbocycles. The number of carbonyl (C=O) groups excluding carboxylic acids is 5. The second kappa shape index (κ2) is 21.5. The van der Waals surface area contributed by atoms with E-state index < -0.39 is 47.9 Å². The molecule has 0 unspecified atom stereocenters. The van der Waals surface area contributed by atoms with Crippen molar-refractivity contribution in [2.24, 2.45) is 5.92 Å². The van der Waals surface area contributed by atoms with Crippen LogP contribution in [0.4, 0.5) is 0 Å². The van der Waals surface area contributed by atoms with Crippen LogP contribution in [0.25, 0.3) is 0 Å². The molecule has 12 heteroatoms. The van der Waals surface area contributed by atoms with Crippen LogP contribution in [0.15, 0.2) is 60.7 Å². The minimum atomic E-state index is -1.000. The number of likely N-dealkylation sites (N-methyl/N-ethyl adjacent to an activating group) is 1. The van der Waals surface area contributed by atoms with Crippen molar-refractivity contribution in [2.45, 2.75) is 76.7 Å². The molecule has 0 heterocycles. The number of ketones is 1. The van der Waals surface area contributed by atoms with Crippen LogP contribution in [-0.4, -0.2) is 90.7 Å². The van der Waals surface area contributed by atoms with Gasteiger partial charge < -0.3 is 26.6 Å². The molecule has 0 spiro atoms. The first kappa shape index (κ1) is 39.8. The van der Waals surface area contributed by atoms with E-state index in [0.29, 0.717) is 18.6 Å². The summed E-state index contributed by atoms with van der Waals surface area (Å²) >= 11 is 2.83. The molecule has 0 aliphatic carbocycles.